The fraction of sp³-hybridized carbons (Fsp3) is 0.857. The topological polar surface area (TPSA) is 55.6 Å². The molecule has 2 aliphatic heterocycles. The molecule has 0 bridgehead atoms. The van der Waals surface area contributed by atoms with Gasteiger partial charge in [0.05, 0.1) is 4.99 Å². The summed E-state index contributed by atoms with van der Waals surface area (Å²) in [4.78, 5) is 15.4. The maximum atomic E-state index is 13.0. The van der Waals surface area contributed by atoms with Crippen LogP contribution in [0, 0.1) is 5.41 Å². The van der Waals surface area contributed by atoms with Gasteiger partial charge in [-0.05, 0) is 39.0 Å². The van der Waals surface area contributed by atoms with E-state index in [-0.39, 0.29) is 5.91 Å². The fourth-order valence-corrected chi connectivity index (χ4v) is 3.66. The third-order valence-electron chi connectivity index (χ3n) is 4.72. The number of carbonyl (C=O) groups is 1. The van der Waals surface area contributed by atoms with E-state index in [2.05, 4.69) is 13.8 Å². The largest absolute Gasteiger partial charge is 0.392 e. The van der Waals surface area contributed by atoms with Crippen LogP contribution in [-0.4, -0.2) is 41.1 Å². The summed E-state index contributed by atoms with van der Waals surface area (Å²) in [5.74, 6) is 0.139. The molecule has 2 heterocycles. The maximum Gasteiger partial charge on any atom is 0.236 e. The molecule has 0 aliphatic carbocycles. The van der Waals surface area contributed by atoms with Gasteiger partial charge in [-0.1, -0.05) is 19.1 Å². The molecule has 0 aromatic rings. The van der Waals surface area contributed by atoms with Crippen LogP contribution in [0.5, 0.6) is 0 Å². The molecule has 0 spiro atoms. The van der Waals surface area contributed by atoms with Crippen molar-refractivity contribution >= 4 is 23.1 Å². The molecule has 2 saturated heterocycles. The zero-order valence-corrected chi connectivity index (χ0v) is 12.7. The Labute approximate surface area is 120 Å². The van der Waals surface area contributed by atoms with Crippen LogP contribution in [0.1, 0.15) is 46.0 Å². The van der Waals surface area contributed by atoms with Crippen molar-refractivity contribution in [1.82, 2.24) is 4.90 Å². The number of ether oxygens (including phenoxy) is 1. The molecule has 19 heavy (non-hydrogen) atoms. The van der Waals surface area contributed by atoms with Crippen molar-refractivity contribution in [1.29, 1.82) is 0 Å². The molecule has 0 aromatic heterocycles. The molecule has 2 unspecified atom stereocenters. The highest BCUT2D eigenvalue weighted by atomic mass is 32.1. The summed E-state index contributed by atoms with van der Waals surface area (Å²) < 4.78 is 5.38. The van der Waals surface area contributed by atoms with Gasteiger partial charge < -0.3 is 15.4 Å². The molecule has 1 amide bonds. The first kappa shape index (κ1) is 14.7. The Bertz CT molecular complexity index is 366. The van der Waals surface area contributed by atoms with Crippen LogP contribution in [0.4, 0.5) is 0 Å². The SMILES string of the molecule is CCC1CCC(C)N1C(=O)C1(C(N)=S)CCOCC1. The standard InChI is InChI=1S/C14H24N2O2S/c1-3-11-5-4-10(2)16(11)13(17)14(12(15)19)6-8-18-9-7-14/h10-11H,3-9H2,1-2H3,(H2,15,19). The van der Waals surface area contributed by atoms with Crippen molar-refractivity contribution in [3.05, 3.63) is 0 Å². The minimum absolute atomic E-state index is 0.139. The minimum atomic E-state index is -0.667. The molecule has 108 valence electrons. The monoisotopic (exact) mass is 284 g/mol. The quantitative estimate of drug-likeness (QED) is 0.804. The average Bonchev–Trinajstić information content (AvgIpc) is 2.79. The van der Waals surface area contributed by atoms with Crippen molar-refractivity contribution in [3.8, 4) is 0 Å². The van der Waals surface area contributed by atoms with Gasteiger partial charge in [-0.25, -0.2) is 0 Å². The summed E-state index contributed by atoms with van der Waals surface area (Å²) in [6.07, 6.45) is 4.42. The minimum Gasteiger partial charge on any atom is -0.392 e. The van der Waals surface area contributed by atoms with Gasteiger partial charge >= 0.3 is 0 Å². The van der Waals surface area contributed by atoms with Crippen LogP contribution in [0.3, 0.4) is 0 Å². The van der Waals surface area contributed by atoms with E-state index in [0.717, 1.165) is 19.3 Å². The van der Waals surface area contributed by atoms with Gasteiger partial charge in [-0.3, -0.25) is 4.79 Å². The Balaban J connectivity index is 2.26. The molecule has 4 nitrogen and oxygen atoms in total. The third kappa shape index (κ3) is 2.50. The normalized spacial score (nSPS) is 30.3. The molecular formula is C14H24N2O2S. The third-order valence-corrected chi connectivity index (χ3v) is 5.11. The lowest BCUT2D eigenvalue weighted by Gasteiger charge is -2.41. The van der Waals surface area contributed by atoms with Crippen LogP contribution in [0.15, 0.2) is 0 Å². The first-order valence-corrected chi connectivity index (χ1v) is 7.64. The predicted molar refractivity (Wildman–Crippen MR) is 78.9 cm³/mol. The van der Waals surface area contributed by atoms with E-state index in [1.54, 1.807) is 0 Å². The van der Waals surface area contributed by atoms with Gasteiger partial charge in [0.1, 0.15) is 5.41 Å². The summed E-state index contributed by atoms with van der Waals surface area (Å²) in [6.45, 7) is 5.41. The van der Waals surface area contributed by atoms with E-state index < -0.39 is 5.41 Å². The molecule has 2 N–H and O–H groups in total. The van der Waals surface area contributed by atoms with Crippen LogP contribution >= 0.6 is 12.2 Å². The van der Waals surface area contributed by atoms with Crippen LogP contribution in [0.2, 0.25) is 0 Å². The molecule has 2 aliphatic rings. The van der Waals surface area contributed by atoms with E-state index >= 15 is 0 Å². The summed E-state index contributed by atoms with van der Waals surface area (Å²) in [5, 5.41) is 0. The van der Waals surface area contributed by atoms with E-state index in [9.17, 15) is 4.79 Å². The number of nitrogens with two attached hydrogens (primary N) is 1. The zero-order valence-electron chi connectivity index (χ0n) is 11.9. The molecule has 2 rings (SSSR count). The second kappa shape index (κ2) is 5.75. The summed E-state index contributed by atoms with van der Waals surface area (Å²) in [7, 11) is 0. The summed E-state index contributed by atoms with van der Waals surface area (Å²) in [6, 6.07) is 0.642. The van der Waals surface area contributed by atoms with Gasteiger partial charge in [0.2, 0.25) is 5.91 Å². The Morgan fingerprint density at radius 2 is 2.05 bits per heavy atom. The first-order valence-electron chi connectivity index (χ1n) is 7.23. The number of likely N-dealkylation sites (tertiary alicyclic amines) is 1. The highest BCUT2D eigenvalue weighted by Crippen LogP contribution is 2.38. The Morgan fingerprint density at radius 1 is 1.42 bits per heavy atom. The van der Waals surface area contributed by atoms with Crippen molar-refractivity contribution in [2.45, 2.75) is 58.0 Å². The number of carbonyl (C=O) groups excluding carboxylic acids is 1. The van der Waals surface area contributed by atoms with Crippen LogP contribution in [0.25, 0.3) is 0 Å². The fourth-order valence-electron chi connectivity index (χ4n) is 3.37. The van der Waals surface area contributed by atoms with Crippen molar-refractivity contribution in [2.75, 3.05) is 13.2 Å². The van der Waals surface area contributed by atoms with E-state index in [4.69, 9.17) is 22.7 Å². The van der Waals surface area contributed by atoms with Crippen LogP contribution < -0.4 is 5.73 Å². The summed E-state index contributed by atoms with van der Waals surface area (Å²) >= 11 is 5.23. The van der Waals surface area contributed by atoms with E-state index in [1.165, 1.54) is 0 Å². The van der Waals surface area contributed by atoms with E-state index in [1.807, 2.05) is 4.90 Å². The number of hydrogen-bond donors (Lipinski definition) is 1. The maximum absolute atomic E-state index is 13.0. The highest BCUT2D eigenvalue weighted by Gasteiger charge is 2.48. The van der Waals surface area contributed by atoms with Crippen molar-refractivity contribution in [2.24, 2.45) is 11.1 Å². The number of hydrogen-bond acceptors (Lipinski definition) is 3. The van der Waals surface area contributed by atoms with Crippen LogP contribution in [-0.2, 0) is 9.53 Å². The lowest BCUT2D eigenvalue weighted by Crippen LogP contribution is -2.55. The smallest absolute Gasteiger partial charge is 0.236 e. The number of thiocarbonyl (C=S) groups is 1. The van der Waals surface area contributed by atoms with E-state index in [0.29, 0.717) is 43.1 Å². The predicted octanol–water partition coefficient (Wildman–Crippen LogP) is 1.86. The number of amides is 1. The van der Waals surface area contributed by atoms with Gasteiger partial charge in [0.15, 0.2) is 0 Å². The van der Waals surface area contributed by atoms with Gasteiger partial charge in [0.25, 0.3) is 0 Å². The summed E-state index contributed by atoms with van der Waals surface area (Å²) in [5.41, 5.74) is 5.26. The molecule has 0 aromatic carbocycles. The number of rotatable bonds is 3. The Morgan fingerprint density at radius 3 is 2.58 bits per heavy atom. The molecule has 0 saturated carbocycles. The Hall–Kier alpha value is -0.680. The first-order chi connectivity index (χ1) is 9.03. The van der Waals surface area contributed by atoms with Gasteiger partial charge in [-0.2, -0.15) is 0 Å². The zero-order chi connectivity index (χ0) is 14.0. The second-order valence-corrected chi connectivity index (χ2v) is 6.20. The number of nitrogens with zero attached hydrogens (tertiary/aromatic N) is 1. The average molecular weight is 284 g/mol. The molecule has 5 heteroatoms. The van der Waals surface area contributed by atoms with Crippen molar-refractivity contribution in [3.63, 3.8) is 0 Å². The highest BCUT2D eigenvalue weighted by molar-refractivity contribution is 7.80. The van der Waals surface area contributed by atoms with Gasteiger partial charge in [0, 0.05) is 25.3 Å². The molecule has 0 radical (unpaired) electrons. The second-order valence-electron chi connectivity index (χ2n) is 5.76. The lowest BCUT2D eigenvalue weighted by atomic mass is 9.78. The molecule has 2 atom stereocenters. The Kier molecular flexibility index (Phi) is 4.46. The van der Waals surface area contributed by atoms with Gasteiger partial charge in [-0.15, -0.1) is 0 Å². The van der Waals surface area contributed by atoms with Crippen molar-refractivity contribution < 1.29 is 9.53 Å². The molecular weight excluding hydrogens is 260 g/mol. The molecule has 2 fully saturated rings. The lowest BCUT2D eigenvalue weighted by molar-refractivity contribution is -0.145.